The summed E-state index contributed by atoms with van der Waals surface area (Å²) in [4.78, 5) is 18.9. The first-order valence-electron chi connectivity index (χ1n) is 7.38. The van der Waals surface area contributed by atoms with Crippen molar-refractivity contribution in [2.45, 2.75) is 26.7 Å². The van der Waals surface area contributed by atoms with Crippen molar-refractivity contribution in [2.24, 2.45) is 11.8 Å². The Hall–Kier alpha value is -1.62. The molecule has 2 aromatic heterocycles. The molecule has 0 radical (unpaired) electrons. The van der Waals surface area contributed by atoms with Crippen molar-refractivity contribution in [3.8, 4) is 10.8 Å². The smallest absolute Gasteiger partial charge is 0.228 e. The molecule has 0 aliphatic carbocycles. The van der Waals surface area contributed by atoms with Crippen LogP contribution in [0.1, 0.15) is 26.0 Å². The number of piperidine rings is 1. The van der Waals surface area contributed by atoms with Crippen LogP contribution in [0.2, 0.25) is 0 Å². The highest BCUT2D eigenvalue weighted by atomic mass is 32.1. The van der Waals surface area contributed by atoms with Crippen molar-refractivity contribution < 1.29 is 9.21 Å². The number of likely N-dealkylation sites (tertiary alicyclic amines) is 1. The van der Waals surface area contributed by atoms with E-state index >= 15 is 0 Å². The molecule has 2 atom stereocenters. The fraction of sp³-hybridized carbons (Fsp3) is 0.500. The van der Waals surface area contributed by atoms with Gasteiger partial charge in [0.2, 0.25) is 5.91 Å². The van der Waals surface area contributed by atoms with E-state index in [0.29, 0.717) is 18.3 Å². The lowest BCUT2D eigenvalue weighted by molar-refractivity contribution is -0.133. The van der Waals surface area contributed by atoms with Crippen LogP contribution < -0.4 is 0 Å². The zero-order chi connectivity index (χ0) is 14.8. The fourth-order valence-corrected chi connectivity index (χ4v) is 3.82. The van der Waals surface area contributed by atoms with Gasteiger partial charge in [-0.25, -0.2) is 4.98 Å². The number of carbonyl (C=O) groups is 1. The van der Waals surface area contributed by atoms with Crippen LogP contribution in [-0.4, -0.2) is 28.9 Å². The maximum atomic E-state index is 12.4. The molecule has 0 spiro atoms. The van der Waals surface area contributed by atoms with Gasteiger partial charge in [0, 0.05) is 18.5 Å². The Morgan fingerprint density at radius 3 is 2.86 bits per heavy atom. The number of aromatic nitrogens is 1. The fourth-order valence-electron chi connectivity index (χ4n) is 3.03. The van der Waals surface area contributed by atoms with Gasteiger partial charge in [-0.15, -0.1) is 11.3 Å². The molecule has 112 valence electrons. The number of hydrogen-bond acceptors (Lipinski definition) is 4. The van der Waals surface area contributed by atoms with Crippen LogP contribution in [0.25, 0.3) is 10.8 Å². The van der Waals surface area contributed by atoms with Gasteiger partial charge in [0.25, 0.3) is 0 Å². The summed E-state index contributed by atoms with van der Waals surface area (Å²) in [7, 11) is 0. The number of hydrogen-bond donors (Lipinski definition) is 0. The van der Waals surface area contributed by atoms with E-state index in [4.69, 9.17) is 4.42 Å². The van der Waals surface area contributed by atoms with Crippen LogP contribution in [0.3, 0.4) is 0 Å². The molecule has 2 aromatic rings. The van der Waals surface area contributed by atoms with Gasteiger partial charge < -0.3 is 9.32 Å². The third kappa shape index (κ3) is 3.35. The summed E-state index contributed by atoms with van der Waals surface area (Å²) in [5, 5.41) is 2.79. The predicted molar refractivity (Wildman–Crippen MR) is 83.0 cm³/mol. The number of furan rings is 1. The Morgan fingerprint density at radius 2 is 2.19 bits per heavy atom. The van der Waals surface area contributed by atoms with Gasteiger partial charge in [-0.3, -0.25) is 4.79 Å². The molecule has 3 rings (SSSR count). The number of rotatable bonds is 3. The minimum atomic E-state index is 0.185. The van der Waals surface area contributed by atoms with Crippen molar-refractivity contribution in [2.75, 3.05) is 13.1 Å². The molecule has 0 N–H and O–H groups in total. The number of amides is 1. The number of thiazole rings is 1. The van der Waals surface area contributed by atoms with E-state index in [2.05, 4.69) is 18.8 Å². The zero-order valence-corrected chi connectivity index (χ0v) is 13.2. The highest BCUT2D eigenvalue weighted by molar-refractivity contribution is 7.13. The molecule has 4 nitrogen and oxygen atoms in total. The van der Waals surface area contributed by atoms with Gasteiger partial charge >= 0.3 is 0 Å². The molecule has 1 saturated heterocycles. The molecule has 1 amide bonds. The summed E-state index contributed by atoms with van der Waals surface area (Å²) in [5.74, 6) is 2.13. The topological polar surface area (TPSA) is 46.3 Å². The number of nitrogens with zero attached hydrogens (tertiary/aromatic N) is 2. The average Bonchev–Trinajstić information content (AvgIpc) is 3.07. The lowest BCUT2D eigenvalue weighted by Gasteiger charge is -2.35. The first-order chi connectivity index (χ1) is 10.1. The Balaban J connectivity index is 1.65. The lowest BCUT2D eigenvalue weighted by Crippen LogP contribution is -2.43. The van der Waals surface area contributed by atoms with Gasteiger partial charge in [-0.05, 0) is 30.4 Å². The predicted octanol–water partition coefficient (Wildman–Crippen LogP) is 3.45. The molecule has 0 aromatic carbocycles. The maximum Gasteiger partial charge on any atom is 0.228 e. The Morgan fingerprint density at radius 1 is 1.43 bits per heavy atom. The van der Waals surface area contributed by atoms with Crippen LogP contribution in [0, 0.1) is 11.8 Å². The molecule has 2 unspecified atom stereocenters. The summed E-state index contributed by atoms with van der Waals surface area (Å²) in [6.07, 6.45) is 3.23. The summed E-state index contributed by atoms with van der Waals surface area (Å²) < 4.78 is 5.33. The van der Waals surface area contributed by atoms with Crippen LogP contribution >= 0.6 is 11.3 Å². The third-order valence-corrected chi connectivity index (χ3v) is 4.74. The Bertz CT molecular complexity index is 596. The lowest BCUT2D eigenvalue weighted by atomic mass is 9.92. The average molecular weight is 304 g/mol. The van der Waals surface area contributed by atoms with Crippen LogP contribution in [0.15, 0.2) is 28.2 Å². The monoisotopic (exact) mass is 304 g/mol. The van der Waals surface area contributed by atoms with Gasteiger partial charge in [-0.2, -0.15) is 0 Å². The van der Waals surface area contributed by atoms with Crippen LogP contribution in [-0.2, 0) is 11.2 Å². The van der Waals surface area contributed by atoms with Crippen molar-refractivity contribution in [3.63, 3.8) is 0 Å². The second-order valence-corrected chi connectivity index (χ2v) is 6.90. The van der Waals surface area contributed by atoms with Gasteiger partial charge in [0.05, 0.1) is 18.4 Å². The largest absolute Gasteiger partial charge is 0.462 e. The van der Waals surface area contributed by atoms with Gasteiger partial charge in [-0.1, -0.05) is 13.8 Å². The van der Waals surface area contributed by atoms with E-state index in [-0.39, 0.29) is 5.91 Å². The molecule has 1 aliphatic heterocycles. The Labute approximate surface area is 128 Å². The molecule has 0 bridgehead atoms. The Kier molecular flexibility index (Phi) is 4.10. The van der Waals surface area contributed by atoms with Crippen molar-refractivity contribution in [3.05, 3.63) is 29.5 Å². The van der Waals surface area contributed by atoms with E-state index < -0.39 is 0 Å². The van der Waals surface area contributed by atoms with E-state index in [1.807, 2.05) is 22.4 Å². The van der Waals surface area contributed by atoms with Crippen LogP contribution in [0.4, 0.5) is 0 Å². The third-order valence-electron chi connectivity index (χ3n) is 3.84. The maximum absolute atomic E-state index is 12.4. The first kappa shape index (κ1) is 14.3. The summed E-state index contributed by atoms with van der Waals surface area (Å²) in [6, 6.07) is 3.73. The standard InChI is InChI=1S/C16H20N2O2S/c1-11-6-12(2)9-18(8-11)15(19)7-13-10-21-16(17-13)14-4-3-5-20-14/h3-5,10-12H,6-9H2,1-2H3. The molecule has 21 heavy (non-hydrogen) atoms. The summed E-state index contributed by atoms with van der Waals surface area (Å²) >= 11 is 1.52. The van der Waals surface area contributed by atoms with Crippen molar-refractivity contribution in [1.82, 2.24) is 9.88 Å². The molecule has 3 heterocycles. The molecule has 1 fully saturated rings. The SMILES string of the molecule is CC1CC(C)CN(C(=O)Cc2csc(-c3ccco3)n2)C1. The minimum Gasteiger partial charge on any atom is -0.462 e. The second-order valence-electron chi connectivity index (χ2n) is 6.04. The molecular weight excluding hydrogens is 284 g/mol. The summed E-state index contributed by atoms with van der Waals surface area (Å²) in [5.41, 5.74) is 0.835. The van der Waals surface area contributed by atoms with E-state index in [0.717, 1.165) is 29.6 Å². The zero-order valence-electron chi connectivity index (χ0n) is 12.4. The normalized spacial score (nSPS) is 22.5. The summed E-state index contributed by atoms with van der Waals surface area (Å²) in [6.45, 7) is 6.18. The highest BCUT2D eigenvalue weighted by Gasteiger charge is 2.25. The second kappa shape index (κ2) is 6.02. The van der Waals surface area contributed by atoms with Crippen molar-refractivity contribution >= 4 is 17.2 Å². The quantitative estimate of drug-likeness (QED) is 0.872. The van der Waals surface area contributed by atoms with E-state index in [1.54, 1.807) is 6.26 Å². The van der Waals surface area contributed by atoms with Gasteiger partial charge in [0.1, 0.15) is 0 Å². The molecule has 5 heteroatoms. The van der Waals surface area contributed by atoms with E-state index in [1.165, 1.54) is 17.8 Å². The molecule has 1 aliphatic rings. The molecule has 0 saturated carbocycles. The van der Waals surface area contributed by atoms with Gasteiger partial charge in [0.15, 0.2) is 10.8 Å². The molecular formula is C16H20N2O2S. The number of carbonyl (C=O) groups excluding carboxylic acids is 1. The minimum absolute atomic E-state index is 0.185. The van der Waals surface area contributed by atoms with E-state index in [9.17, 15) is 4.79 Å². The van der Waals surface area contributed by atoms with Crippen LogP contribution in [0.5, 0.6) is 0 Å². The van der Waals surface area contributed by atoms with Crippen molar-refractivity contribution in [1.29, 1.82) is 0 Å². The highest BCUT2D eigenvalue weighted by Crippen LogP contribution is 2.25. The first-order valence-corrected chi connectivity index (χ1v) is 8.26.